The van der Waals surface area contributed by atoms with Gasteiger partial charge in [0.05, 0.1) is 26.4 Å². The fourth-order valence-corrected chi connectivity index (χ4v) is 7.50. The molecule has 334 valence electrons. The lowest BCUT2D eigenvalue weighted by Gasteiger charge is -2.46. The van der Waals surface area contributed by atoms with Gasteiger partial charge in [-0.15, -0.1) is 0 Å². The Morgan fingerprint density at radius 3 is 1.21 bits per heavy atom. The monoisotopic (exact) mass is 809 g/mol. The van der Waals surface area contributed by atoms with Crippen LogP contribution in [0, 0.1) is 0 Å². The number of aliphatic hydroxyl groups excluding tert-OH is 7. The Morgan fingerprint density at radius 2 is 0.804 bits per heavy atom. The van der Waals surface area contributed by atoms with Gasteiger partial charge in [-0.1, -0.05) is 155 Å². The molecule has 0 amide bonds. The van der Waals surface area contributed by atoms with Crippen molar-refractivity contribution in [1.82, 2.24) is 0 Å². The molecule has 0 bridgehead atoms. The summed E-state index contributed by atoms with van der Waals surface area (Å²) in [5.41, 5.74) is 0. The number of ether oxygens (including phenoxy) is 6. The molecule has 13 nitrogen and oxygen atoms in total. The third-order valence-corrected chi connectivity index (χ3v) is 11.2. The molecule has 0 aromatic carbocycles. The molecule has 0 radical (unpaired) electrons. The number of aliphatic hydroxyl groups is 7. The second kappa shape index (κ2) is 33.2. The second-order valence-electron chi connectivity index (χ2n) is 16.2. The maximum atomic E-state index is 11.1. The molecule has 13 heteroatoms. The average molecular weight is 809 g/mol. The highest BCUT2D eigenvalue weighted by molar-refractivity contribution is 4.94. The van der Waals surface area contributed by atoms with E-state index >= 15 is 0 Å². The minimum atomic E-state index is -1.74. The van der Waals surface area contributed by atoms with Crippen LogP contribution in [0.1, 0.15) is 168 Å². The molecule has 0 aliphatic carbocycles. The van der Waals surface area contributed by atoms with Crippen molar-refractivity contribution in [2.45, 2.75) is 235 Å². The topological polar surface area (TPSA) is 197 Å². The Morgan fingerprint density at radius 1 is 0.429 bits per heavy atom. The molecular formula is C43H84O13. The SMILES string of the molecule is CCCCCCCCCCCCCCOCC(COCCCCCCCCCCCCCC)O[C@@H]1O[C@H](CO)[C@@H](O[C@H]2O[C@H](CO)[C@@H](O)[C@H](O)[C@H]2O)[C@H](O)[C@H]1O. The number of hydrogen-bond acceptors (Lipinski definition) is 13. The summed E-state index contributed by atoms with van der Waals surface area (Å²) in [5.74, 6) is 0. The van der Waals surface area contributed by atoms with E-state index in [4.69, 9.17) is 28.4 Å². The van der Waals surface area contributed by atoms with Gasteiger partial charge < -0.3 is 64.2 Å². The zero-order chi connectivity index (χ0) is 40.8. The van der Waals surface area contributed by atoms with E-state index in [0.29, 0.717) is 13.2 Å². The molecule has 0 saturated carbocycles. The van der Waals surface area contributed by atoms with Crippen LogP contribution in [-0.2, 0) is 28.4 Å². The molecule has 7 N–H and O–H groups in total. The van der Waals surface area contributed by atoms with Crippen LogP contribution >= 0.6 is 0 Å². The Balaban J connectivity index is 1.80. The summed E-state index contributed by atoms with van der Waals surface area (Å²) in [6.07, 6.45) is 14.3. The van der Waals surface area contributed by atoms with Crippen LogP contribution < -0.4 is 0 Å². The van der Waals surface area contributed by atoms with E-state index < -0.39 is 80.7 Å². The predicted octanol–water partition coefficient (Wildman–Crippen LogP) is 5.43. The molecule has 56 heavy (non-hydrogen) atoms. The van der Waals surface area contributed by atoms with Gasteiger partial charge in [0.15, 0.2) is 12.6 Å². The van der Waals surface area contributed by atoms with E-state index in [1.165, 1.54) is 128 Å². The van der Waals surface area contributed by atoms with Crippen molar-refractivity contribution < 1.29 is 64.2 Å². The van der Waals surface area contributed by atoms with Crippen molar-refractivity contribution in [1.29, 1.82) is 0 Å². The van der Waals surface area contributed by atoms with Crippen molar-refractivity contribution >= 4 is 0 Å². The molecule has 2 saturated heterocycles. The molecule has 2 aliphatic rings. The zero-order valence-corrected chi connectivity index (χ0v) is 35.1. The number of hydrogen-bond donors (Lipinski definition) is 7. The predicted molar refractivity (Wildman–Crippen MR) is 215 cm³/mol. The van der Waals surface area contributed by atoms with Crippen molar-refractivity contribution in [2.24, 2.45) is 0 Å². The van der Waals surface area contributed by atoms with E-state index in [1.807, 2.05) is 0 Å². The zero-order valence-electron chi connectivity index (χ0n) is 35.1. The van der Waals surface area contributed by atoms with Gasteiger partial charge in [-0.2, -0.15) is 0 Å². The van der Waals surface area contributed by atoms with Crippen LogP contribution in [-0.4, -0.2) is 143 Å². The first-order valence-corrected chi connectivity index (χ1v) is 22.7. The van der Waals surface area contributed by atoms with Crippen LogP contribution in [0.15, 0.2) is 0 Å². The summed E-state index contributed by atoms with van der Waals surface area (Å²) in [4.78, 5) is 0. The molecule has 0 aromatic heterocycles. The highest BCUT2D eigenvalue weighted by Gasteiger charge is 2.51. The summed E-state index contributed by atoms with van der Waals surface area (Å²) in [5, 5.41) is 72.6. The molecule has 2 aliphatic heterocycles. The maximum absolute atomic E-state index is 11.1. The van der Waals surface area contributed by atoms with Gasteiger partial charge in [0.1, 0.15) is 54.9 Å². The average Bonchev–Trinajstić information content (AvgIpc) is 3.20. The van der Waals surface area contributed by atoms with Gasteiger partial charge in [-0.3, -0.25) is 0 Å². The highest BCUT2D eigenvalue weighted by Crippen LogP contribution is 2.30. The molecule has 0 aromatic rings. The van der Waals surface area contributed by atoms with Crippen LogP contribution in [0.5, 0.6) is 0 Å². The summed E-state index contributed by atoms with van der Waals surface area (Å²) < 4.78 is 35.1. The lowest BCUT2D eigenvalue weighted by molar-refractivity contribution is -0.364. The summed E-state index contributed by atoms with van der Waals surface area (Å²) in [6, 6.07) is 0. The van der Waals surface area contributed by atoms with Gasteiger partial charge in [0.25, 0.3) is 0 Å². The quantitative estimate of drug-likeness (QED) is 0.0396. The maximum Gasteiger partial charge on any atom is 0.187 e. The van der Waals surface area contributed by atoms with E-state index in [2.05, 4.69) is 13.8 Å². The second-order valence-corrected chi connectivity index (χ2v) is 16.2. The largest absolute Gasteiger partial charge is 0.394 e. The van der Waals surface area contributed by atoms with Crippen LogP contribution in [0.25, 0.3) is 0 Å². The first-order valence-electron chi connectivity index (χ1n) is 22.7. The summed E-state index contributed by atoms with van der Waals surface area (Å²) in [6.45, 7) is 4.68. The van der Waals surface area contributed by atoms with Gasteiger partial charge >= 0.3 is 0 Å². The van der Waals surface area contributed by atoms with Crippen LogP contribution in [0.3, 0.4) is 0 Å². The normalized spacial score (nSPS) is 28.4. The number of rotatable bonds is 36. The highest BCUT2D eigenvalue weighted by atomic mass is 16.7. The Bertz CT molecular complexity index is 851. The van der Waals surface area contributed by atoms with E-state index in [1.54, 1.807) is 0 Å². The Labute approximate surface area is 338 Å². The van der Waals surface area contributed by atoms with Gasteiger partial charge in [0.2, 0.25) is 0 Å². The van der Waals surface area contributed by atoms with Crippen molar-refractivity contribution in [3.63, 3.8) is 0 Å². The van der Waals surface area contributed by atoms with Gasteiger partial charge in [-0.05, 0) is 12.8 Å². The lowest BCUT2D eigenvalue weighted by atomic mass is 9.97. The van der Waals surface area contributed by atoms with Gasteiger partial charge in [-0.25, -0.2) is 0 Å². The third-order valence-electron chi connectivity index (χ3n) is 11.2. The first-order chi connectivity index (χ1) is 27.3. The molecule has 2 heterocycles. The first kappa shape index (κ1) is 51.6. The fraction of sp³-hybridized carbons (Fsp3) is 1.00. The molecule has 2 rings (SSSR count). The van der Waals surface area contributed by atoms with Crippen LogP contribution in [0.2, 0.25) is 0 Å². The third kappa shape index (κ3) is 21.1. The summed E-state index contributed by atoms with van der Waals surface area (Å²) in [7, 11) is 0. The minimum absolute atomic E-state index is 0.188. The molecule has 0 spiro atoms. The van der Waals surface area contributed by atoms with E-state index in [0.717, 1.165) is 25.7 Å². The van der Waals surface area contributed by atoms with E-state index in [-0.39, 0.29) is 13.2 Å². The number of unbranched alkanes of at least 4 members (excludes halogenated alkanes) is 22. The molecule has 0 unspecified atom stereocenters. The van der Waals surface area contributed by atoms with Crippen molar-refractivity contribution in [3.05, 3.63) is 0 Å². The van der Waals surface area contributed by atoms with Gasteiger partial charge in [0, 0.05) is 13.2 Å². The lowest BCUT2D eigenvalue weighted by Crippen LogP contribution is -2.65. The molecule has 2 fully saturated rings. The smallest absolute Gasteiger partial charge is 0.187 e. The van der Waals surface area contributed by atoms with E-state index in [9.17, 15) is 35.7 Å². The standard InChI is InChI=1S/C43H84O13/c1-3-5-7-9-11-13-15-17-19-21-23-25-27-51-31-33(32-52-28-26-24-22-20-18-16-14-12-10-8-6-4-2)53-42-40(50)38(48)41(35(30-45)55-42)56-43-39(49)37(47)36(46)34(29-44)54-43/h33-50H,3-32H2,1-2H3/t34-,35-,36-,37+,38-,39-,40-,41-,42-,43-/m1/s1. The van der Waals surface area contributed by atoms with Crippen LogP contribution in [0.4, 0.5) is 0 Å². The summed E-state index contributed by atoms with van der Waals surface area (Å²) >= 11 is 0. The molecule has 10 atom stereocenters. The minimum Gasteiger partial charge on any atom is -0.394 e. The van der Waals surface area contributed by atoms with Crippen molar-refractivity contribution in [2.75, 3.05) is 39.6 Å². The fourth-order valence-electron chi connectivity index (χ4n) is 7.50. The van der Waals surface area contributed by atoms with Crippen molar-refractivity contribution in [3.8, 4) is 0 Å². The Hall–Kier alpha value is -0.520. The Kier molecular flexibility index (Phi) is 30.6. The molecular weight excluding hydrogens is 724 g/mol.